The van der Waals surface area contributed by atoms with Crippen LogP contribution in [0.4, 0.5) is 17.1 Å². The van der Waals surface area contributed by atoms with E-state index in [1.165, 1.54) is 12.1 Å². The topological polar surface area (TPSA) is 114 Å². The number of hydrogen-bond acceptors (Lipinski definition) is 7. The summed E-state index contributed by atoms with van der Waals surface area (Å²) in [5.41, 5.74) is -0.250. The third-order valence-electron chi connectivity index (χ3n) is 3.34. The Morgan fingerprint density at radius 1 is 1.19 bits per heavy atom. The minimum absolute atomic E-state index is 0.274. The molecule has 0 saturated carbocycles. The maximum Gasteiger partial charge on any atom is 0.299 e. The zero-order valence-corrected chi connectivity index (χ0v) is 11.4. The van der Waals surface area contributed by atoms with Gasteiger partial charge in [-0.25, -0.2) is 0 Å². The predicted octanol–water partition coefficient (Wildman–Crippen LogP) is 0.820. The summed E-state index contributed by atoms with van der Waals surface area (Å²) in [5.74, 6) is 0. The number of hydrogen-bond donors (Lipinski definition) is 2. The predicted molar refractivity (Wildman–Crippen MR) is 77.6 cm³/mol. The van der Waals surface area contributed by atoms with Crippen LogP contribution < -0.4 is 10.6 Å². The lowest BCUT2D eigenvalue weighted by molar-refractivity contribution is -0.393. The molecule has 1 aromatic rings. The standard InChI is InChI=1S/C12H17N5O4/c18-16(19)10-1-2-11(12(9-10)17(20)21)14-5-8-15-6-3-13-4-7-15/h1-2,9,13-14H,3-8H2. The molecule has 0 aromatic heterocycles. The van der Waals surface area contributed by atoms with Gasteiger partial charge in [0.1, 0.15) is 5.69 Å². The van der Waals surface area contributed by atoms with Gasteiger partial charge in [0.2, 0.25) is 0 Å². The second-order valence-corrected chi connectivity index (χ2v) is 4.73. The number of non-ortho nitro benzene ring substituents is 1. The van der Waals surface area contributed by atoms with Crippen LogP contribution in [-0.4, -0.2) is 54.0 Å². The Morgan fingerprint density at radius 3 is 2.52 bits per heavy atom. The number of nitro groups is 2. The highest BCUT2D eigenvalue weighted by atomic mass is 16.6. The maximum absolute atomic E-state index is 11.0. The molecular weight excluding hydrogens is 278 g/mol. The van der Waals surface area contributed by atoms with Gasteiger partial charge in [0, 0.05) is 45.3 Å². The van der Waals surface area contributed by atoms with Crippen molar-refractivity contribution in [1.82, 2.24) is 10.2 Å². The van der Waals surface area contributed by atoms with E-state index < -0.39 is 9.85 Å². The molecule has 9 heteroatoms. The summed E-state index contributed by atoms with van der Waals surface area (Å²) in [6.07, 6.45) is 0. The number of nitrogens with zero attached hydrogens (tertiary/aromatic N) is 3. The van der Waals surface area contributed by atoms with Gasteiger partial charge in [0.05, 0.1) is 15.9 Å². The van der Waals surface area contributed by atoms with Crippen LogP contribution in [0.25, 0.3) is 0 Å². The summed E-state index contributed by atoms with van der Waals surface area (Å²) < 4.78 is 0. The first kappa shape index (κ1) is 15.1. The molecule has 21 heavy (non-hydrogen) atoms. The van der Waals surface area contributed by atoms with E-state index in [1.807, 2.05) is 0 Å². The molecule has 1 aliphatic rings. The zero-order chi connectivity index (χ0) is 15.2. The second kappa shape index (κ2) is 6.95. The molecule has 0 atom stereocenters. The molecular formula is C12H17N5O4. The average Bonchev–Trinajstić information content (AvgIpc) is 2.48. The third-order valence-corrected chi connectivity index (χ3v) is 3.34. The normalized spacial score (nSPS) is 15.6. The number of anilines is 1. The molecule has 0 radical (unpaired) electrons. The van der Waals surface area contributed by atoms with E-state index in [-0.39, 0.29) is 11.4 Å². The van der Waals surface area contributed by atoms with E-state index in [0.29, 0.717) is 12.2 Å². The Labute approximate surface area is 121 Å². The van der Waals surface area contributed by atoms with Crippen LogP contribution in [0.1, 0.15) is 0 Å². The number of benzene rings is 1. The van der Waals surface area contributed by atoms with Crippen LogP contribution in [0, 0.1) is 20.2 Å². The van der Waals surface area contributed by atoms with Crippen molar-refractivity contribution in [2.24, 2.45) is 0 Å². The molecule has 1 aromatic carbocycles. The van der Waals surface area contributed by atoms with Gasteiger partial charge in [-0.1, -0.05) is 0 Å². The minimum Gasteiger partial charge on any atom is -0.378 e. The highest BCUT2D eigenvalue weighted by Gasteiger charge is 2.19. The van der Waals surface area contributed by atoms with E-state index in [1.54, 1.807) is 0 Å². The zero-order valence-electron chi connectivity index (χ0n) is 11.4. The summed E-state index contributed by atoms with van der Waals surface area (Å²) in [6.45, 7) is 5.11. The summed E-state index contributed by atoms with van der Waals surface area (Å²) in [5, 5.41) is 27.9. The molecule has 2 rings (SSSR count). The smallest absolute Gasteiger partial charge is 0.299 e. The van der Waals surface area contributed by atoms with Gasteiger partial charge in [-0.05, 0) is 6.07 Å². The first-order chi connectivity index (χ1) is 10.1. The largest absolute Gasteiger partial charge is 0.378 e. The van der Waals surface area contributed by atoms with Crippen molar-refractivity contribution in [3.63, 3.8) is 0 Å². The van der Waals surface area contributed by atoms with Crippen molar-refractivity contribution in [2.45, 2.75) is 0 Å². The highest BCUT2D eigenvalue weighted by molar-refractivity contribution is 5.65. The molecule has 1 saturated heterocycles. The molecule has 1 heterocycles. The van der Waals surface area contributed by atoms with E-state index in [2.05, 4.69) is 15.5 Å². The lowest BCUT2D eigenvalue weighted by atomic mass is 10.2. The molecule has 1 aliphatic heterocycles. The van der Waals surface area contributed by atoms with Crippen molar-refractivity contribution in [3.05, 3.63) is 38.4 Å². The molecule has 9 nitrogen and oxygen atoms in total. The lowest BCUT2D eigenvalue weighted by Gasteiger charge is -2.27. The van der Waals surface area contributed by atoms with Crippen LogP contribution in [0.3, 0.4) is 0 Å². The SMILES string of the molecule is O=[N+]([O-])c1ccc(NCCN2CCNCC2)c([N+](=O)[O-])c1. The van der Waals surface area contributed by atoms with Crippen molar-refractivity contribution in [1.29, 1.82) is 0 Å². The van der Waals surface area contributed by atoms with Crippen LogP contribution in [0.5, 0.6) is 0 Å². The number of piperazine rings is 1. The fraction of sp³-hybridized carbons (Fsp3) is 0.500. The first-order valence-electron chi connectivity index (χ1n) is 6.67. The number of nitro benzene ring substituents is 2. The molecule has 0 bridgehead atoms. The molecule has 2 N–H and O–H groups in total. The number of rotatable bonds is 6. The van der Waals surface area contributed by atoms with Crippen molar-refractivity contribution < 1.29 is 9.85 Å². The fourth-order valence-electron chi connectivity index (χ4n) is 2.22. The van der Waals surface area contributed by atoms with Crippen molar-refractivity contribution >= 4 is 17.1 Å². The van der Waals surface area contributed by atoms with Gasteiger partial charge < -0.3 is 10.6 Å². The summed E-state index contributed by atoms with van der Waals surface area (Å²) >= 11 is 0. The first-order valence-corrected chi connectivity index (χ1v) is 6.67. The third kappa shape index (κ3) is 4.10. The fourth-order valence-corrected chi connectivity index (χ4v) is 2.22. The quantitative estimate of drug-likeness (QED) is 0.590. The molecule has 0 aliphatic carbocycles. The van der Waals surface area contributed by atoms with Crippen molar-refractivity contribution in [3.8, 4) is 0 Å². The Kier molecular flexibility index (Phi) is 5.01. The Balaban J connectivity index is 1.98. The molecule has 0 unspecified atom stereocenters. The van der Waals surface area contributed by atoms with Crippen LogP contribution in [0.2, 0.25) is 0 Å². The summed E-state index contributed by atoms with van der Waals surface area (Å²) in [7, 11) is 0. The van der Waals surface area contributed by atoms with Crippen LogP contribution in [0.15, 0.2) is 18.2 Å². The Morgan fingerprint density at radius 2 is 1.90 bits per heavy atom. The van der Waals surface area contributed by atoms with Gasteiger partial charge in [-0.3, -0.25) is 25.1 Å². The highest BCUT2D eigenvalue weighted by Crippen LogP contribution is 2.28. The van der Waals surface area contributed by atoms with E-state index in [4.69, 9.17) is 0 Å². The van der Waals surface area contributed by atoms with E-state index in [9.17, 15) is 20.2 Å². The van der Waals surface area contributed by atoms with Gasteiger partial charge in [0.15, 0.2) is 0 Å². The number of nitrogens with one attached hydrogen (secondary N) is 2. The van der Waals surface area contributed by atoms with E-state index in [0.717, 1.165) is 38.8 Å². The van der Waals surface area contributed by atoms with Gasteiger partial charge in [-0.2, -0.15) is 0 Å². The Hall–Kier alpha value is -2.26. The van der Waals surface area contributed by atoms with Crippen LogP contribution >= 0.6 is 0 Å². The van der Waals surface area contributed by atoms with Crippen LogP contribution in [-0.2, 0) is 0 Å². The summed E-state index contributed by atoms with van der Waals surface area (Å²) in [4.78, 5) is 22.6. The molecule has 0 spiro atoms. The molecule has 1 fully saturated rings. The Bertz CT molecular complexity index is 530. The molecule has 114 valence electrons. The summed E-state index contributed by atoms with van der Waals surface area (Å²) in [6, 6.07) is 3.63. The maximum atomic E-state index is 11.0. The minimum atomic E-state index is -0.641. The lowest BCUT2D eigenvalue weighted by Crippen LogP contribution is -2.45. The van der Waals surface area contributed by atoms with Crippen molar-refractivity contribution in [2.75, 3.05) is 44.6 Å². The molecule has 0 amide bonds. The second-order valence-electron chi connectivity index (χ2n) is 4.73. The van der Waals surface area contributed by atoms with Gasteiger partial charge in [-0.15, -0.1) is 0 Å². The monoisotopic (exact) mass is 295 g/mol. The average molecular weight is 295 g/mol. The van der Waals surface area contributed by atoms with Gasteiger partial charge in [0.25, 0.3) is 11.4 Å². The van der Waals surface area contributed by atoms with Gasteiger partial charge >= 0.3 is 0 Å². The van der Waals surface area contributed by atoms with E-state index >= 15 is 0 Å².